The Kier molecular flexibility index (Phi) is 12.6. The van der Waals surface area contributed by atoms with Crippen LogP contribution in [0, 0.1) is 0 Å². The number of nitrogens with zero attached hydrogens (tertiary/aromatic N) is 5. The molecule has 0 saturated heterocycles. The Balaban J connectivity index is 0.978. The fourth-order valence-electron chi connectivity index (χ4n) is 14.0. The molecule has 4 heterocycles. The van der Waals surface area contributed by atoms with E-state index in [1.807, 2.05) is 0 Å². The van der Waals surface area contributed by atoms with Gasteiger partial charge in [-0.15, -0.1) is 20.1 Å². The van der Waals surface area contributed by atoms with E-state index in [1.54, 1.807) is 0 Å². The molecule has 0 fully saturated rings. The quantitative estimate of drug-likeness (QED) is 0.122. The van der Waals surface area contributed by atoms with Crippen molar-refractivity contribution in [2.24, 2.45) is 0 Å². The molecule has 0 aliphatic carbocycles. The van der Waals surface area contributed by atoms with Crippen molar-refractivity contribution < 1.29 is 0 Å². The minimum Gasteiger partial charge on any atom is -0.309 e. The highest BCUT2D eigenvalue weighted by Crippen LogP contribution is 2.75. The Labute approximate surface area is 519 Å². The second-order valence-corrected chi connectivity index (χ2v) is 28.7. The number of hydrogen-bond acceptors (Lipinski definition) is 2. The van der Waals surface area contributed by atoms with E-state index in [2.05, 4.69) is 359 Å². The van der Waals surface area contributed by atoms with Crippen LogP contribution in [0.15, 0.2) is 385 Å². The van der Waals surface area contributed by atoms with Crippen molar-refractivity contribution >= 4 is 85.5 Å². The Bertz CT molecular complexity index is 5280. The molecule has 0 amide bonds. The molecule has 0 atom stereocenters. The highest BCUT2D eigenvalue weighted by atomic mass is 32.3. The van der Waals surface area contributed by atoms with Crippen molar-refractivity contribution in [1.82, 2.24) is 23.7 Å². The number of benzene rings is 13. The van der Waals surface area contributed by atoms with E-state index in [0.29, 0.717) is 5.95 Å². The summed E-state index contributed by atoms with van der Waals surface area (Å²) in [5, 5.41) is 6.89. The summed E-state index contributed by atoms with van der Waals surface area (Å²) in [7, 11) is -4.08. The Morgan fingerprint density at radius 2 is 0.629 bits per heavy atom. The van der Waals surface area contributed by atoms with E-state index in [4.69, 9.17) is 9.97 Å². The fraction of sp³-hybridized carbons (Fsp3) is 0. The number of rotatable bonds is 12. The summed E-state index contributed by atoms with van der Waals surface area (Å²) in [6, 6.07) is 127. The summed E-state index contributed by atoms with van der Waals surface area (Å²) in [6.45, 7) is 0. The van der Waals surface area contributed by atoms with Gasteiger partial charge in [-0.2, -0.15) is 4.98 Å². The highest BCUT2D eigenvalue weighted by molar-refractivity contribution is 8.34. The molecule has 5 nitrogen and oxygen atoms in total. The lowest BCUT2D eigenvalue weighted by atomic mass is 10.1. The zero-order valence-electron chi connectivity index (χ0n) is 48.5. The average molecular weight is 1180 g/mol. The van der Waals surface area contributed by atoms with Crippen LogP contribution in [-0.2, 0) is 0 Å². The lowest BCUT2D eigenvalue weighted by Gasteiger charge is -2.42. The van der Waals surface area contributed by atoms with Crippen molar-refractivity contribution in [2.45, 2.75) is 39.2 Å². The fourth-order valence-corrected chi connectivity index (χ4v) is 21.8. The zero-order valence-corrected chi connectivity index (χ0v) is 50.1. The predicted molar refractivity (Wildman–Crippen MR) is 370 cm³/mol. The van der Waals surface area contributed by atoms with Crippen molar-refractivity contribution in [1.29, 1.82) is 0 Å². The molecule has 0 aliphatic rings. The van der Waals surface area contributed by atoms with Gasteiger partial charge in [-0.3, -0.25) is 9.13 Å². The van der Waals surface area contributed by atoms with Crippen molar-refractivity contribution in [3.8, 4) is 28.7 Å². The number of para-hydroxylation sites is 4. The van der Waals surface area contributed by atoms with Crippen LogP contribution < -0.4 is 0 Å². The standard InChI is InChI=1S/C82H57N5S2/c1-8-30-59(31-9-1)85-76-50-27-24-47-71(76)80-78(85)54-52-70-68-45-22-26-49-75(68)87(81(70)80)79-57-73(58-29-28-44-66(55-58)88(60-32-10-2-11-33-60,61-34-12-3-13-35-61)62-36-14-4-15-37-62)83-82(84-79)86-74-48-25-23-46-69(74)72-56-67(51-53-77(72)86)89(63-38-16-5-17-39-63,64-40-18-6-19-41-64)65-42-20-7-21-43-65/h1-57H. The largest absolute Gasteiger partial charge is 0.309 e. The van der Waals surface area contributed by atoms with Crippen LogP contribution in [0.25, 0.3) is 94.1 Å². The molecule has 17 rings (SSSR count). The van der Waals surface area contributed by atoms with E-state index in [9.17, 15) is 0 Å². The maximum Gasteiger partial charge on any atom is 0.237 e. The Morgan fingerprint density at radius 1 is 0.236 bits per heavy atom. The van der Waals surface area contributed by atoms with E-state index in [1.165, 1.54) is 44.6 Å². The topological polar surface area (TPSA) is 40.6 Å². The van der Waals surface area contributed by atoms with Gasteiger partial charge in [-0.1, -0.05) is 200 Å². The Hall–Kier alpha value is -11.0. The van der Waals surface area contributed by atoms with Crippen LogP contribution in [-0.4, -0.2) is 23.7 Å². The van der Waals surface area contributed by atoms with Crippen LogP contribution in [0.2, 0.25) is 0 Å². The Morgan fingerprint density at radius 3 is 1.15 bits per heavy atom. The van der Waals surface area contributed by atoms with Gasteiger partial charge in [0.1, 0.15) is 5.82 Å². The van der Waals surface area contributed by atoms with E-state index in [0.717, 1.165) is 82.8 Å². The molecule has 0 saturated carbocycles. The maximum absolute atomic E-state index is 5.94. The van der Waals surface area contributed by atoms with Crippen molar-refractivity contribution in [2.75, 3.05) is 0 Å². The molecule has 422 valence electrons. The van der Waals surface area contributed by atoms with Gasteiger partial charge in [0.05, 0.1) is 38.8 Å². The molecule has 0 radical (unpaired) electrons. The monoisotopic (exact) mass is 1180 g/mol. The third kappa shape index (κ3) is 8.20. The third-order valence-corrected chi connectivity index (χ3v) is 25.5. The van der Waals surface area contributed by atoms with Gasteiger partial charge < -0.3 is 4.57 Å². The molecule has 0 aliphatic heterocycles. The molecule has 89 heavy (non-hydrogen) atoms. The molecule has 17 aromatic rings. The minimum atomic E-state index is -2.06. The molecular formula is C82H57N5S2. The smallest absolute Gasteiger partial charge is 0.237 e. The number of hydrogen-bond donors (Lipinski definition) is 0. The zero-order chi connectivity index (χ0) is 58.9. The SMILES string of the molecule is c1ccc(-n2c3ccccc3c3c2ccc2c4ccccc4n(-c4cc(-c5cccc(S(c6ccccc6)(c6ccccc6)c6ccccc6)c5)nc(-n5c6ccccc6c6cc(S(c7ccccc7)(c7ccccc7)c7ccccc7)ccc65)n4)c23)cc1. The van der Waals surface area contributed by atoms with Gasteiger partial charge in [-0.05, 0) is 140 Å². The first kappa shape index (κ1) is 52.4. The predicted octanol–water partition coefficient (Wildman–Crippen LogP) is 22.1. The van der Waals surface area contributed by atoms with E-state index < -0.39 is 20.1 Å². The molecule has 0 spiro atoms. The molecule has 0 N–H and O–H groups in total. The highest BCUT2D eigenvalue weighted by Gasteiger charge is 2.36. The normalized spacial score (nSPS) is 12.4. The molecule has 0 bridgehead atoms. The first-order chi connectivity index (χ1) is 44.2. The van der Waals surface area contributed by atoms with Gasteiger partial charge in [-0.25, -0.2) is 4.98 Å². The first-order valence-corrected chi connectivity index (χ1v) is 33.5. The summed E-state index contributed by atoms with van der Waals surface area (Å²) >= 11 is 0. The second kappa shape index (κ2) is 21.5. The maximum atomic E-state index is 5.94. The first-order valence-electron chi connectivity index (χ1n) is 30.2. The van der Waals surface area contributed by atoms with Crippen molar-refractivity contribution in [3.05, 3.63) is 346 Å². The average Bonchev–Trinajstić information content (AvgIpc) is 1.69. The molecule has 4 aromatic heterocycles. The summed E-state index contributed by atoms with van der Waals surface area (Å²) in [4.78, 5) is 21.8. The lowest BCUT2D eigenvalue weighted by molar-refractivity contribution is 0.952. The van der Waals surface area contributed by atoms with Crippen LogP contribution in [0.4, 0.5) is 0 Å². The van der Waals surface area contributed by atoms with Crippen molar-refractivity contribution in [3.63, 3.8) is 0 Å². The van der Waals surface area contributed by atoms with Crippen LogP contribution in [0.3, 0.4) is 0 Å². The minimum absolute atomic E-state index is 0.576. The number of aromatic nitrogens is 5. The van der Waals surface area contributed by atoms with Gasteiger partial charge in [0.25, 0.3) is 0 Å². The summed E-state index contributed by atoms with van der Waals surface area (Å²) < 4.78 is 7.14. The second-order valence-electron chi connectivity index (χ2n) is 22.5. The van der Waals surface area contributed by atoms with E-state index in [-0.39, 0.29) is 0 Å². The summed E-state index contributed by atoms with van der Waals surface area (Å²) in [6.07, 6.45) is 0. The van der Waals surface area contributed by atoms with Gasteiger partial charge in [0.2, 0.25) is 5.95 Å². The lowest BCUT2D eigenvalue weighted by Crippen LogP contribution is -2.08. The van der Waals surface area contributed by atoms with Crippen LogP contribution >= 0.6 is 20.1 Å². The third-order valence-electron chi connectivity index (χ3n) is 17.7. The summed E-state index contributed by atoms with van der Waals surface area (Å²) in [5.74, 6) is 1.34. The number of fused-ring (bicyclic) bond motifs is 10. The van der Waals surface area contributed by atoms with Crippen LogP contribution in [0.1, 0.15) is 0 Å². The van der Waals surface area contributed by atoms with Crippen LogP contribution in [0.5, 0.6) is 0 Å². The van der Waals surface area contributed by atoms with E-state index >= 15 is 0 Å². The van der Waals surface area contributed by atoms with Gasteiger partial charge >= 0.3 is 0 Å². The molecule has 7 heteroatoms. The molecule has 0 unspecified atom stereocenters. The van der Waals surface area contributed by atoms with Gasteiger partial charge in [0, 0.05) is 88.8 Å². The molecule has 13 aromatic carbocycles. The summed E-state index contributed by atoms with van der Waals surface area (Å²) in [5.41, 5.74) is 9.36. The molecular weight excluding hydrogens is 1120 g/mol. The van der Waals surface area contributed by atoms with Gasteiger partial charge in [0.15, 0.2) is 0 Å².